The lowest BCUT2D eigenvalue weighted by molar-refractivity contribution is 0.590. The predicted molar refractivity (Wildman–Crippen MR) is 61.0 cm³/mol. The second-order valence-electron chi connectivity index (χ2n) is 3.54. The summed E-state index contributed by atoms with van der Waals surface area (Å²) >= 11 is 5.74. The van der Waals surface area contributed by atoms with Crippen LogP contribution in [0.5, 0.6) is 0 Å². The van der Waals surface area contributed by atoms with Gasteiger partial charge in [-0.05, 0) is 0 Å². The fourth-order valence-corrected chi connectivity index (χ4v) is 1.52. The van der Waals surface area contributed by atoms with E-state index < -0.39 is 0 Å². The van der Waals surface area contributed by atoms with Gasteiger partial charge in [-0.1, -0.05) is 25.4 Å². The van der Waals surface area contributed by atoms with Gasteiger partial charge < -0.3 is 0 Å². The minimum atomic E-state index is -0.144. The van der Waals surface area contributed by atoms with Gasteiger partial charge in [0.2, 0.25) is 0 Å². The van der Waals surface area contributed by atoms with E-state index in [2.05, 4.69) is 10.9 Å². The van der Waals surface area contributed by atoms with E-state index in [0.29, 0.717) is 18.8 Å². The molecule has 0 spiro atoms. The van der Waals surface area contributed by atoms with Crippen LogP contribution < -0.4 is 5.56 Å². The van der Waals surface area contributed by atoms with E-state index in [1.807, 2.05) is 13.8 Å². The molecule has 4 heteroatoms. The highest BCUT2D eigenvalue weighted by Gasteiger charge is 2.10. The van der Waals surface area contributed by atoms with Gasteiger partial charge in [0.05, 0.1) is 0 Å². The number of rotatable bonds is 3. The van der Waals surface area contributed by atoms with Crippen molar-refractivity contribution in [3.63, 3.8) is 0 Å². The summed E-state index contributed by atoms with van der Waals surface area (Å²) in [7, 11) is 0. The topological polar surface area (TPSA) is 34.9 Å². The van der Waals surface area contributed by atoms with E-state index in [1.54, 1.807) is 4.57 Å². The van der Waals surface area contributed by atoms with Crippen LogP contribution in [0, 0.1) is 12.3 Å². The van der Waals surface area contributed by atoms with Crippen molar-refractivity contribution in [2.24, 2.45) is 0 Å². The van der Waals surface area contributed by atoms with Gasteiger partial charge in [-0.15, -0.1) is 12.3 Å². The van der Waals surface area contributed by atoms with Gasteiger partial charge in [-0.3, -0.25) is 9.36 Å². The van der Waals surface area contributed by atoms with Crippen LogP contribution in [-0.2, 0) is 6.54 Å². The van der Waals surface area contributed by atoms with E-state index in [-0.39, 0.29) is 16.6 Å². The van der Waals surface area contributed by atoms with Crippen LogP contribution in [0.4, 0.5) is 0 Å². The lowest BCUT2D eigenvalue weighted by atomic mass is 10.2. The molecule has 0 aliphatic carbocycles. The third kappa shape index (κ3) is 2.84. The Morgan fingerprint density at radius 2 is 2.33 bits per heavy atom. The molecule has 0 N–H and O–H groups in total. The monoisotopic (exact) mass is 224 g/mol. The molecule has 80 valence electrons. The third-order valence-corrected chi connectivity index (χ3v) is 2.20. The summed E-state index contributed by atoms with van der Waals surface area (Å²) in [6.07, 6.45) is 5.69. The molecule has 1 heterocycles. The van der Waals surface area contributed by atoms with E-state index in [0.717, 1.165) is 0 Å². The molecule has 0 unspecified atom stereocenters. The molecule has 0 bridgehead atoms. The zero-order valence-corrected chi connectivity index (χ0v) is 9.58. The molecule has 1 aromatic heterocycles. The van der Waals surface area contributed by atoms with Crippen molar-refractivity contribution in [2.75, 3.05) is 0 Å². The summed E-state index contributed by atoms with van der Waals surface area (Å²) in [6.45, 7) is 4.42. The van der Waals surface area contributed by atoms with Crippen LogP contribution in [0.1, 0.15) is 32.0 Å². The van der Waals surface area contributed by atoms with Crippen LogP contribution in [0.15, 0.2) is 10.9 Å². The fraction of sp³-hybridized carbons (Fsp3) is 0.455. The van der Waals surface area contributed by atoms with Crippen molar-refractivity contribution in [2.45, 2.75) is 32.7 Å². The molecule has 0 radical (unpaired) electrons. The van der Waals surface area contributed by atoms with Crippen molar-refractivity contribution in [3.05, 3.63) is 27.4 Å². The van der Waals surface area contributed by atoms with Crippen molar-refractivity contribution in [1.82, 2.24) is 9.55 Å². The Labute approximate surface area is 94.1 Å². The van der Waals surface area contributed by atoms with Gasteiger partial charge in [-0.2, -0.15) is 0 Å². The maximum Gasteiger partial charge on any atom is 0.255 e. The Balaban J connectivity index is 3.22. The first-order valence-electron chi connectivity index (χ1n) is 4.77. The average molecular weight is 225 g/mol. The van der Waals surface area contributed by atoms with Crippen LogP contribution in [0.2, 0.25) is 5.15 Å². The number of hydrogen-bond donors (Lipinski definition) is 0. The summed E-state index contributed by atoms with van der Waals surface area (Å²) in [5.74, 6) is 3.33. The molecular formula is C11H13ClN2O. The summed E-state index contributed by atoms with van der Waals surface area (Å²) < 4.78 is 1.58. The maximum absolute atomic E-state index is 11.6. The quantitative estimate of drug-likeness (QED) is 0.582. The molecule has 0 saturated heterocycles. The molecule has 0 aliphatic rings. The smallest absolute Gasteiger partial charge is 0.255 e. The Kier molecular flexibility index (Phi) is 3.93. The molecule has 0 amide bonds. The Bertz CT molecular complexity index is 443. The molecule has 0 aromatic carbocycles. The zero-order chi connectivity index (χ0) is 11.4. The predicted octanol–water partition coefficient (Wildman–Crippen LogP) is 2.04. The Hall–Kier alpha value is -1.27. The van der Waals surface area contributed by atoms with E-state index in [1.165, 1.54) is 6.07 Å². The zero-order valence-electron chi connectivity index (χ0n) is 8.83. The number of terminal acetylenes is 1. The normalized spacial score (nSPS) is 10.3. The maximum atomic E-state index is 11.6. The van der Waals surface area contributed by atoms with E-state index in [4.69, 9.17) is 18.0 Å². The first kappa shape index (κ1) is 11.8. The molecule has 0 atom stereocenters. The average Bonchev–Trinajstić information content (AvgIpc) is 2.15. The second-order valence-corrected chi connectivity index (χ2v) is 3.92. The summed E-state index contributed by atoms with van der Waals surface area (Å²) in [5.41, 5.74) is -0.144. The van der Waals surface area contributed by atoms with Gasteiger partial charge in [-0.25, -0.2) is 4.98 Å². The first-order chi connectivity index (χ1) is 7.06. The van der Waals surface area contributed by atoms with Crippen LogP contribution in [0.25, 0.3) is 0 Å². The minimum absolute atomic E-state index is 0.144. The van der Waals surface area contributed by atoms with Crippen molar-refractivity contribution in [1.29, 1.82) is 0 Å². The molecule has 0 fully saturated rings. The van der Waals surface area contributed by atoms with Gasteiger partial charge in [0.25, 0.3) is 5.56 Å². The minimum Gasteiger partial charge on any atom is -0.295 e. The Morgan fingerprint density at radius 1 is 1.67 bits per heavy atom. The highest BCUT2D eigenvalue weighted by molar-refractivity contribution is 6.29. The van der Waals surface area contributed by atoms with Crippen molar-refractivity contribution < 1.29 is 0 Å². The molecule has 3 nitrogen and oxygen atoms in total. The number of hydrogen-bond acceptors (Lipinski definition) is 2. The molecule has 0 saturated carbocycles. The largest absolute Gasteiger partial charge is 0.295 e. The van der Waals surface area contributed by atoms with Crippen molar-refractivity contribution in [3.8, 4) is 12.3 Å². The van der Waals surface area contributed by atoms with Crippen molar-refractivity contribution >= 4 is 11.6 Å². The standard InChI is InChI=1S/C11H13ClN2O/c1-4-5-6-14-10(15)7-9(12)13-11(14)8(2)3/h1,7-8H,5-6H2,2-3H3. The molecular weight excluding hydrogens is 212 g/mol. The fourth-order valence-electron chi connectivity index (χ4n) is 1.34. The molecule has 0 aliphatic heterocycles. The summed E-state index contributed by atoms with van der Waals surface area (Å²) in [5, 5.41) is 0.237. The molecule has 1 aromatic rings. The molecule has 1 rings (SSSR count). The van der Waals surface area contributed by atoms with E-state index >= 15 is 0 Å². The number of nitrogens with zero attached hydrogens (tertiary/aromatic N) is 2. The number of halogens is 1. The molecule has 15 heavy (non-hydrogen) atoms. The highest BCUT2D eigenvalue weighted by Crippen LogP contribution is 2.12. The van der Waals surface area contributed by atoms with Crippen LogP contribution in [-0.4, -0.2) is 9.55 Å². The highest BCUT2D eigenvalue weighted by atomic mass is 35.5. The van der Waals surface area contributed by atoms with Gasteiger partial charge in [0, 0.05) is 24.9 Å². The second kappa shape index (κ2) is 4.99. The summed E-state index contributed by atoms with van der Waals surface area (Å²) in [6, 6.07) is 1.31. The van der Waals surface area contributed by atoms with Gasteiger partial charge >= 0.3 is 0 Å². The van der Waals surface area contributed by atoms with Gasteiger partial charge in [0.15, 0.2) is 0 Å². The first-order valence-corrected chi connectivity index (χ1v) is 5.14. The van der Waals surface area contributed by atoms with Gasteiger partial charge in [0.1, 0.15) is 11.0 Å². The lowest BCUT2D eigenvalue weighted by Crippen LogP contribution is -2.25. The van der Waals surface area contributed by atoms with Crippen LogP contribution in [0.3, 0.4) is 0 Å². The van der Waals surface area contributed by atoms with Crippen LogP contribution >= 0.6 is 11.6 Å². The SMILES string of the molecule is C#CCCn1c(C(C)C)nc(Cl)cc1=O. The summed E-state index contributed by atoms with van der Waals surface area (Å²) in [4.78, 5) is 15.8. The number of aromatic nitrogens is 2. The third-order valence-electron chi connectivity index (χ3n) is 2.00. The lowest BCUT2D eigenvalue weighted by Gasteiger charge is -2.13. The van der Waals surface area contributed by atoms with E-state index in [9.17, 15) is 4.79 Å². The Morgan fingerprint density at radius 3 is 2.87 bits per heavy atom.